The minimum Gasteiger partial charge on any atom is -0.495 e. The number of benzene rings is 1. The van der Waals surface area contributed by atoms with Crippen LogP contribution in [0.4, 0.5) is 5.69 Å². The summed E-state index contributed by atoms with van der Waals surface area (Å²) < 4.78 is 5.13. The molecule has 2 N–H and O–H groups in total. The standard InChI is InChI=1S/C15H22N2O3/c1-11(2)8-9-16-14(18)10-15(19)17-12-6-4-5-7-13(12)20-3/h4-7,11H,8-10H2,1-3H3,(H,16,18)(H,17,19). The lowest BCUT2D eigenvalue weighted by atomic mass is 10.1. The van der Waals surface area contributed by atoms with E-state index in [-0.39, 0.29) is 18.2 Å². The molecule has 0 atom stereocenters. The van der Waals surface area contributed by atoms with Crippen molar-refractivity contribution in [2.24, 2.45) is 5.92 Å². The van der Waals surface area contributed by atoms with Gasteiger partial charge in [-0.1, -0.05) is 26.0 Å². The number of amides is 2. The van der Waals surface area contributed by atoms with Crippen LogP contribution in [-0.4, -0.2) is 25.5 Å². The Labute approximate surface area is 119 Å². The Kier molecular flexibility index (Phi) is 6.56. The molecule has 0 heterocycles. The number of anilines is 1. The molecule has 0 fully saturated rings. The summed E-state index contributed by atoms with van der Waals surface area (Å²) >= 11 is 0. The van der Waals surface area contributed by atoms with Gasteiger partial charge >= 0.3 is 0 Å². The van der Waals surface area contributed by atoms with Gasteiger partial charge in [0.25, 0.3) is 0 Å². The van der Waals surface area contributed by atoms with Crippen molar-refractivity contribution in [3.63, 3.8) is 0 Å². The van der Waals surface area contributed by atoms with E-state index in [2.05, 4.69) is 24.5 Å². The Morgan fingerprint density at radius 3 is 2.55 bits per heavy atom. The predicted octanol–water partition coefficient (Wildman–Crippen LogP) is 2.19. The molecular weight excluding hydrogens is 256 g/mol. The Hall–Kier alpha value is -2.04. The lowest BCUT2D eigenvalue weighted by Crippen LogP contribution is -2.29. The van der Waals surface area contributed by atoms with Crippen LogP contribution < -0.4 is 15.4 Å². The van der Waals surface area contributed by atoms with E-state index in [0.717, 1.165) is 6.42 Å². The molecule has 5 heteroatoms. The molecule has 0 saturated heterocycles. The van der Waals surface area contributed by atoms with Crippen molar-refractivity contribution in [2.45, 2.75) is 26.7 Å². The van der Waals surface area contributed by atoms with E-state index in [1.54, 1.807) is 18.2 Å². The molecule has 0 aliphatic heterocycles. The van der Waals surface area contributed by atoms with Gasteiger partial charge in [0.05, 0.1) is 12.8 Å². The molecule has 0 spiro atoms. The molecule has 2 amide bonds. The normalized spacial score (nSPS) is 10.2. The Morgan fingerprint density at radius 1 is 1.20 bits per heavy atom. The summed E-state index contributed by atoms with van der Waals surface area (Å²) in [7, 11) is 1.53. The number of methoxy groups -OCH3 is 1. The largest absolute Gasteiger partial charge is 0.495 e. The van der Waals surface area contributed by atoms with E-state index in [9.17, 15) is 9.59 Å². The smallest absolute Gasteiger partial charge is 0.233 e. The zero-order valence-electron chi connectivity index (χ0n) is 12.2. The summed E-state index contributed by atoms with van der Waals surface area (Å²) in [5, 5.41) is 5.40. The Bertz CT molecular complexity index is 458. The fourth-order valence-electron chi connectivity index (χ4n) is 1.65. The quantitative estimate of drug-likeness (QED) is 0.751. The van der Waals surface area contributed by atoms with Crippen LogP contribution >= 0.6 is 0 Å². The van der Waals surface area contributed by atoms with Gasteiger partial charge in [-0.25, -0.2) is 0 Å². The molecule has 5 nitrogen and oxygen atoms in total. The number of para-hydroxylation sites is 2. The second kappa shape index (κ2) is 8.19. The van der Waals surface area contributed by atoms with Crippen molar-refractivity contribution in [2.75, 3.05) is 19.0 Å². The number of hydrogen-bond donors (Lipinski definition) is 2. The van der Waals surface area contributed by atoms with Crippen LogP contribution in [0.1, 0.15) is 26.7 Å². The van der Waals surface area contributed by atoms with Gasteiger partial charge in [0.15, 0.2) is 0 Å². The summed E-state index contributed by atoms with van der Waals surface area (Å²) in [6.45, 7) is 4.76. The maximum absolute atomic E-state index is 11.8. The topological polar surface area (TPSA) is 67.4 Å². The summed E-state index contributed by atoms with van der Waals surface area (Å²) in [6, 6.07) is 7.08. The van der Waals surface area contributed by atoms with Crippen LogP contribution in [0.15, 0.2) is 24.3 Å². The fraction of sp³-hybridized carbons (Fsp3) is 0.467. The minimum atomic E-state index is -0.350. The monoisotopic (exact) mass is 278 g/mol. The van der Waals surface area contributed by atoms with E-state index < -0.39 is 0 Å². The number of carbonyl (C=O) groups is 2. The number of carbonyl (C=O) groups excluding carboxylic acids is 2. The predicted molar refractivity (Wildman–Crippen MR) is 78.7 cm³/mol. The summed E-state index contributed by atoms with van der Waals surface area (Å²) in [6.07, 6.45) is 0.718. The van der Waals surface area contributed by atoms with Gasteiger partial charge in [0.2, 0.25) is 11.8 Å². The van der Waals surface area contributed by atoms with Gasteiger partial charge in [-0.3, -0.25) is 9.59 Å². The molecular formula is C15H22N2O3. The maximum atomic E-state index is 11.8. The first kappa shape index (κ1) is 16.0. The average molecular weight is 278 g/mol. The molecule has 0 saturated carbocycles. The highest BCUT2D eigenvalue weighted by Crippen LogP contribution is 2.22. The minimum absolute atomic E-state index is 0.184. The Morgan fingerprint density at radius 2 is 1.90 bits per heavy atom. The third kappa shape index (κ3) is 5.73. The number of ether oxygens (including phenoxy) is 1. The van der Waals surface area contributed by atoms with E-state index in [1.807, 2.05) is 6.07 Å². The van der Waals surface area contributed by atoms with Gasteiger partial charge in [0.1, 0.15) is 12.2 Å². The van der Waals surface area contributed by atoms with Crippen LogP contribution in [0.2, 0.25) is 0 Å². The van der Waals surface area contributed by atoms with Crippen LogP contribution in [0.25, 0.3) is 0 Å². The highest BCUT2D eigenvalue weighted by atomic mass is 16.5. The SMILES string of the molecule is COc1ccccc1NC(=O)CC(=O)NCCC(C)C. The maximum Gasteiger partial charge on any atom is 0.233 e. The van der Waals surface area contributed by atoms with Gasteiger partial charge in [0, 0.05) is 6.54 Å². The zero-order valence-corrected chi connectivity index (χ0v) is 12.2. The van der Waals surface area contributed by atoms with Crippen molar-refractivity contribution in [3.05, 3.63) is 24.3 Å². The van der Waals surface area contributed by atoms with Gasteiger partial charge < -0.3 is 15.4 Å². The molecule has 1 rings (SSSR count). The number of rotatable bonds is 7. The third-order valence-corrected chi connectivity index (χ3v) is 2.75. The van der Waals surface area contributed by atoms with Crippen LogP contribution in [0, 0.1) is 5.92 Å². The van der Waals surface area contributed by atoms with E-state index in [0.29, 0.717) is 23.9 Å². The lowest BCUT2D eigenvalue weighted by molar-refractivity contribution is -0.126. The Balaban J connectivity index is 2.41. The zero-order chi connectivity index (χ0) is 15.0. The van der Waals surface area contributed by atoms with Crippen LogP contribution in [-0.2, 0) is 9.59 Å². The molecule has 110 valence electrons. The first-order valence-electron chi connectivity index (χ1n) is 6.72. The van der Waals surface area contributed by atoms with Crippen LogP contribution in [0.5, 0.6) is 5.75 Å². The molecule has 0 unspecified atom stereocenters. The summed E-state index contributed by atoms with van der Waals surface area (Å²) in [5.74, 6) is 0.480. The van der Waals surface area contributed by atoms with Gasteiger partial charge in [-0.2, -0.15) is 0 Å². The first-order valence-corrected chi connectivity index (χ1v) is 6.72. The highest BCUT2D eigenvalue weighted by Gasteiger charge is 2.11. The van der Waals surface area contributed by atoms with Crippen molar-refractivity contribution in [1.29, 1.82) is 0 Å². The molecule has 0 aliphatic rings. The van der Waals surface area contributed by atoms with E-state index in [1.165, 1.54) is 7.11 Å². The number of hydrogen-bond acceptors (Lipinski definition) is 3. The van der Waals surface area contributed by atoms with Crippen molar-refractivity contribution in [3.8, 4) is 5.75 Å². The lowest BCUT2D eigenvalue weighted by Gasteiger charge is -2.10. The fourth-order valence-corrected chi connectivity index (χ4v) is 1.65. The molecule has 0 aromatic heterocycles. The van der Waals surface area contributed by atoms with Gasteiger partial charge in [-0.15, -0.1) is 0 Å². The van der Waals surface area contributed by atoms with Gasteiger partial charge in [-0.05, 0) is 24.5 Å². The summed E-state index contributed by atoms with van der Waals surface area (Å²) in [5.41, 5.74) is 0.565. The molecule has 1 aromatic carbocycles. The van der Waals surface area contributed by atoms with Crippen molar-refractivity contribution < 1.29 is 14.3 Å². The summed E-state index contributed by atoms with van der Waals surface area (Å²) in [4.78, 5) is 23.3. The second-order valence-electron chi connectivity index (χ2n) is 4.96. The van der Waals surface area contributed by atoms with Crippen LogP contribution in [0.3, 0.4) is 0 Å². The van der Waals surface area contributed by atoms with Crippen molar-refractivity contribution >= 4 is 17.5 Å². The average Bonchev–Trinajstić information content (AvgIpc) is 2.38. The van der Waals surface area contributed by atoms with E-state index >= 15 is 0 Å². The molecule has 20 heavy (non-hydrogen) atoms. The molecule has 0 radical (unpaired) electrons. The molecule has 0 bridgehead atoms. The number of nitrogens with one attached hydrogen (secondary N) is 2. The third-order valence-electron chi connectivity index (χ3n) is 2.75. The van der Waals surface area contributed by atoms with E-state index in [4.69, 9.17) is 4.74 Å². The first-order chi connectivity index (χ1) is 9.52. The highest BCUT2D eigenvalue weighted by molar-refractivity contribution is 6.04. The van der Waals surface area contributed by atoms with Crippen molar-refractivity contribution in [1.82, 2.24) is 5.32 Å². The molecule has 0 aliphatic carbocycles. The molecule has 1 aromatic rings. The second-order valence-corrected chi connectivity index (χ2v) is 4.96.